The Morgan fingerprint density at radius 2 is 2.04 bits per heavy atom. The van der Waals surface area contributed by atoms with Gasteiger partial charge in [-0.25, -0.2) is 4.98 Å². The molecule has 0 atom stereocenters. The van der Waals surface area contributed by atoms with Crippen LogP contribution >= 0.6 is 34.5 Å². The van der Waals surface area contributed by atoms with Gasteiger partial charge in [-0.05, 0) is 37.3 Å². The van der Waals surface area contributed by atoms with Crippen molar-refractivity contribution in [1.29, 1.82) is 0 Å². The third-order valence-corrected chi connectivity index (χ3v) is 5.60. The molecule has 4 heterocycles. The second-order valence-electron chi connectivity index (χ2n) is 6.05. The zero-order valence-corrected chi connectivity index (χ0v) is 16.8. The number of benzene rings is 1. The first-order valence-corrected chi connectivity index (χ1v) is 9.90. The van der Waals surface area contributed by atoms with Crippen LogP contribution in [0.3, 0.4) is 0 Å². The van der Waals surface area contributed by atoms with Crippen LogP contribution in [-0.2, 0) is 6.61 Å². The minimum atomic E-state index is 0.265. The predicted molar refractivity (Wildman–Crippen MR) is 108 cm³/mol. The van der Waals surface area contributed by atoms with Crippen molar-refractivity contribution >= 4 is 45.1 Å². The fourth-order valence-corrected chi connectivity index (χ4v) is 4.19. The molecule has 1 aromatic carbocycles. The predicted octanol–water partition coefficient (Wildman–Crippen LogP) is 4.69. The van der Waals surface area contributed by atoms with Gasteiger partial charge in [-0.1, -0.05) is 40.6 Å². The summed E-state index contributed by atoms with van der Waals surface area (Å²) in [6.45, 7) is 2.21. The lowest BCUT2D eigenvalue weighted by Crippen LogP contribution is -1.99. The molecule has 0 saturated heterocycles. The van der Waals surface area contributed by atoms with E-state index in [0.29, 0.717) is 26.6 Å². The zero-order valence-electron chi connectivity index (χ0n) is 14.5. The minimum Gasteiger partial charge on any atom is -0.485 e. The summed E-state index contributed by atoms with van der Waals surface area (Å²) < 4.78 is 9.48. The molecule has 0 saturated carbocycles. The van der Waals surface area contributed by atoms with Crippen molar-refractivity contribution < 1.29 is 4.74 Å². The van der Waals surface area contributed by atoms with Gasteiger partial charge in [-0.2, -0.15) is 9.61 Å². The molecule has 0 spiro atoms. The van der Waals surface area contributed by atoms with Crippen molar-refractivity contribution in [3.63, 3.8) is 0 Å². The summed E-state index contributed by atoms with van der Waals surface area (Å²) in [7, 11) is 0. The molecule has 7 nitrogen and oxygen atoms in total. The summed E-state index contributed by atoms with van der Waals surface area (Å²) in [5.41, 5.74) is 2.57. The highest BCUT2D eigenvalue weighted by atomic mass is 35.5. The number of nitrogens with zero attached hydrogens (tertiary/aromatic N) is 6. The number of pyridine rings is 1. The Morgan fingerprint density at radius 3 is 2.89 bits per heavy atom. The van der Waals surface area contributed by atoms with E-state index < -0.39 is 0 Å². The Labute approximate surface area is 173 Å². The van der Waals surface area contributed by atoms with Crippen molar-refractivity contribution in [2.24, 2.45) is 0 Å². The van der Waals surface area contributed by atoms with Gasteiger partial charge in [0.25, 0.3) is 0 Å². The summed E-state index contributed by atoms with van der Waals surface area (Å²) in [6.07, 6.45) is 1.95. The van der Waals surface area contributed by atoms with E-state index in [2.05, 4.69) is 20.3 Å². The van der Waals surface area contributed by atoms with E-state index >= 15 is 0 Å². The molecule has 0 radical (unpaired) electrons. The summed E-state index contributed by atoms with van der Waals surface area (Å²) in [5, 5.41) is 15.0. The topological polar surface area (TPSA) is 69.6 Å². The lowest BCUT2D eigenvalue weighted by atomic mass is 10.3. The van der Waals surface area contributed by atoms with Gasteiger partial charge >= 0.3 is 0 Å². The van der Waals surface area contributed by atoms with Crippen LogP contribution in [0.25, 0.3) is 22.1 Å². The molecule has 0 aliphatic heterocycles. The highest BCUT2D eigenvalue weighted by Crippen LogP contribution is 2.29. The number of ether oxygens (including phenoxy) is 1. The number of aromatic nitrogens is 6. The Morgan fingerprint density at radius 1 is 1.14 bits per heavy atom. The van der Waals surface area contributed by atoms with E-state index in [1.54, 1.807) is 22.7 Å². The van der Waals surface area contributed by atoms with Gasteiger partial charge in [-0.3, -0.25) is 4.40 Å². The van der Waals surface area contributed by atoms with Crippen LogP contribution in [0.4, 0.5) is 0 Å². The average molecular weight is 431 g/mol. The van der Waals surface area contributed by atoms with Crippen molar-refractivity contribution in [1.82, 2.24) is 29.2 Å². The van der Waals surface area contributed by atoms with Crippen molar-refractivity contribution in [2.75, 3.05) is 0 Å². The fourth-order valence-electron chi connectivity index (χ4n) is 2.98. The molecular formula is C18H12Cl2N6OS. The monoisotopic (exact) mass is 430 g/mol. The molecule has 4 aromatic heterocycles. The SMILES string of the molecule is Cc1nc2ccccn2c1-c1nnc2sc(COc3ccc(Cl)cc3Cl)nn12. The number of halogens is 2. The minimum absolute atomic E-state index is 0.265. The first-order chi connectivity index (χ1) is 13.6. The van der Waals surface area contributed by atoms with Crippen LogP contribution in [0.1, 0.15) is 10.7 Å². The lowest BCUT2D eigenvalue weighted by Gasteiger charge is -2.05. The van der Waals surface area contributed by atoms with Gasteiger partial charge in [0.1, 0.15) is 23.7 Å². The molecule has 0 N–H and O–H groups in total. The molecule has 0 aliphatic rings. The summed E-state index contributed by atoms with van der Waals surface area (Å²) >= 11 is 13.5. The first-order valence-electron chi connectivity index (χ1n) is 8.33. The highest BCUT2D eigenvalue weighted by Gasteiger charge is 2.19. The van der Waals surface area contributed by atoms with E-state index in [9.17, 15) is 0 Å². The molecular weight excluding hydrogens is 419 g/mol. The van der Waals surface area contributed by atoms with Crippen LogP contribution < -0.4 is 4.74 Å². The summed E-state index contributed by atoms with van der Waals surface area (Å²) in [5.74, 6) is 1.19. The zero-order chi connectivity index (χ0) is 19.3. The van der Waals surface area contributed by atoms with Gasteiger partial charge in [0.05, 0.1) is 10.7 Å². The molecule has 140 valence electrons. The van der Waals surface area contributed by atoms with Crippen LogP contribution in [-0.4, -0.2) is 29.2 Å². The van der Waals surface area contributed by atoms with Gasteiger partial charge < -0.3 is 4.74 Å². The van der Waals surface area contributed by atoms with Gasteiger partial charge in [-0.15, -0.1) is 10.2 Å². The second kappa shape index (κ2) is 6.73. The number of aryl methyl sites for hydroxylation is 1. The molecule has 0 bridgehead atoms. The maximum atomic E-state index is 6.16. The average Bonchev–Trinajstić information content (AvgIpc) is 3.33. The maximum Gasteiger partial charge on any atom is 0.235 e. The molecule has 10 heteroatoms. The Balaban J connectivity index is 1.50. The number of hydrogen-bond acceptors (Lipinski definition) is 6. The van der Waals surface area contributed by atoms with Crippen LogP contribution in [0.15, 0.2) is 42.6 Å². The van der Waals surface area contributed by atoms with Gasteiger partial charge in [0.15, 0.2) is 5.01 Å². The quantitative estimate of drug-likeness (QED) is 0.413. The molecule has 0 unspecified atom stereocenters. The number of rotatable bonds is 4. The highest BCUT2D eigenvalue weighted by molar-refractivity contribution is 7.16. The molecule has 0 aliphatic carbocycles. The number of imidazole rings is 1. The standard InChI is InChI=1S/C18H12Cl2N6OS/c1-10-16(25-7-3-2-4-14(25)21-10)17-22-23-18-26(17)24-15(28-18)9-27-13-6-5-11(19)8-12(13)20/h2-8H,9H2,1H3. The lowest BCUT2D eigenvalue weighted by molar-refractivity contribution is 0.304. The molecule has 0 amide bonds. The third-order valence-electron chi connectivity index (χ3n) is 4.19. The van der Waals surface area contributed by atoms with Crippen molar-refractivity contribution in [2.45, 2.75) is 13.5 Å². The second-order valence-corrected chi connectivity index (χ2v) is 7.94. The molecule has 28 heavy (non-hydrogen) atoms. The van der Waals surface area contributed by atoms with Gasteiger partial charge in [0.2, 0.25) is 10.8 Å². The van der Waals surface area contributed by atoms with Gasteiger partial charge in [0, 0.05) is 11.2 Å². The largest absolute Gasteiger partial charge is 0.485 e. The summed E-state index contributed by atoms with van der Waals surface area (Å²) in [6, 6.07) is 11.0. The third kappa shape index (κ3) is 2.90. The number of fused-ring (bicyclic) bond motifs is 2. The Hall–Kier alpha value is -2.68. The van der Waals surface area contributed by atoms with Crippen molar-refractivity contribution in [3.8, 4) is 17.3 Å². The summed E-state index contributed by atoms with van der Waals surface area (Å²) in [4.78, 5) is 5.26. The van der Waals surface area contributed by atoms with E-state index in [0.717, 1.165) is 22.0 Å². The maximum absolute atomic E-state index is 6.16. The molecule has 5 aromatic rings. The molecule has 5 rings (SSSR count). The Kier molecular flexibility index (Phi) is 4.19. The van der Waals surface area contributed by atoms with E-state index in [1.807, 2.05) is 35.7 Å². The molecule has 0 fully saturated rings. The Bertz CT molecular complexity index is 1320. The van der Waals surface area contributed by atoms with Crippen LogP contribution in [0, 0.1) is 6.92 Å². The smallest absolute Gasteiger partial charge is 0.235 e. The van der Waals surface area contributed by atoms with Crippen molar-refractivity contribution in [3.05, 3.63) is 63.3 Å². The van der Waals surface area contributed by atoms with E-state index in [4.69, 9.17) is 27.9 Å². The first kappa shape index (κ1) is 17.4. The van der Waals surface area contributed by atoms with E-state index in [-0.39, 0.29) is 6.61 Å². The normalized spacial score (nSPS) is 11.5. The fraction of sp³-hybridized carbons (Fsp3) is 0.111. The van der Waals surface area contributed by atoms with Crippen LogP contribution in [0.5, 0.6) is 5.75 Å². The number of hydrogen-bond donors (Lipinski definition) is 0. The van der Waals surface area contributed by atoms with E-state index in [1.165, 1.54) is 11.3 Å². The van der Waals surface area contributed by atoms with Crippen LogP contribution in [0.2, 0.25) is 10.0 Å².